The van der Waals surface area contributed by atoms with Gasteiger partial charge in [0.25, 0.3) is 10.0 Å². The molecule has 0 fully saturated rings. The van der Waals surface area contributed by atoms with Crippen LogP contribution >= 0.6 is 22.9 Å². The monoisotopic (exact) mass is 347 g/mol. The van der Waals surface area contributed by atoms with Gasteiger partial charge in [-0.15, -0.1) is 11.3 Å². The summed E-state index contributed by atoms with van der Waals surface area (Å²) in [6.45, 7) is 1.67. The zero-order valence-corrected chi connectivity index (χ0v) is 13.0. The summed E-state index contributed by atoms with van der Waals surface area (Å²) in [4.78, 5) is 10.9. The molecule has 0 bridgehead atoms. The molecule has 2 rings (SSSR count). The Morgan fingerprint density at radius 3 is 2.52 bits per heavy atom. The summed E-state index contributed by atoms with van der Waals surface area (Å²) in [6.07, 6.45) is 0. The number of aromatic hydroxyl groups is 1. The molecule has 0 atom stereocenters. The van der Waals surface area contributed by atoms with Crippen molar-refractivity contribution < 1.29 is 23.4 Å². The molecule has 1 aromatic heterocycles. The highest BCUT2D eigenvalue weighted by Crippen LogP contribution is 2.33. The largest absolute Gasteiger partial charge is 0.506 e. The van der Waals surface area contributed by atoms with Crippen molar-refractivity contribution in [2.75, 3.05) is 4.72 Å². The first-order chi connectivity index (χ1) is 9.70. The Hall–Kier alpha value is -1.77. The Kier molecular flexibility index (Phi) is 4.13. The highest BCUT2D eigenvalue weighted by Gasteiger charge is 2.20. The number of hydrogen-bond acceptors (Lipinski definition) is 5. The van der Waals surface area contributed by atoms with Gasteiger partial charge in [0.15, 0.2) is 0 Å². The number of thiophene rings is 1. The number of nitrogens with one attached hydrogen (secondary N) is 1. The summed E-state index contributed by atoms with van der Waals surface area (Å²) >= 11 is 6.71. The van der Waals surface area contributed by atoms with Crippen LogP contribution in [-0.4, -0.2) is 24.6 Å². The molecule has 1 aromatic carbocycles. The standard InChI is InChI=1S/C12H10ClNO5S2/c1-6-4-10(20-11(6)13)21(18,19)14-8-5-7(12(16)17)2-3-9(8)15/h2-5,14-15H,1H3,(H,16,17). The summed E-state index contributed by atoms with van der Waals surface area (Å²) in [7, 11) is -3.95. The van der Waals surface area contributed by atoms with Gasteiger partial charge in [0.05, 0.1) is 15.6 Å². The summed E-state index contributed by atoms with van der Waals surface area (Å²) in [5, 5.41) is 18.5. The predicted octanol–water partition coefficient (Wildman–Crippen LogP) is 2.91. The van der Waals surface area contributed by atoms with Gasteiger partial charge in [-0.05, 0) is 36.8 Å². The molecule has 0 unspecified atom stereocenters. The second kappa shape index (κ2) is 5.55. The molecule has 0 spiro atoms. The van der Waals surface area contributed by atoms with Crippen molar-refractivity contribution in [1.29, 1.82) is 0 Å². The van der Waals surface area contributed by atoms with Gasteiger partial charge >= 0.3 is 5.97 Å². The van der Waals surface area contributed by atoms with E-state index in [1.54, 1.807) is 6.92 Å². The molecule has 1 heterocycles. The molecular formula is C12H10ClNO5S2. The topological polar surface area (TPSA) is 104 Å². The van der Waals surface area contributed by atoms with Gasteiger partial charge in [0.2, 0.25) is 0 Å². The fraction of sp³-hybridized carbons (Fsp3) is 0.0833. The number of aryl methyl sites for hydroxylation is 1. The second-order valence-corrected chi connectivity index (χ2v) is 7.73. The molecule has 0 aliphatic rings. The van der Waals surface area contributed by atoms with Crippen LogP contribution in [0.25, 0.3) is 0 Å². The van der Waals surface area contributed by atoms with E-state index in [1.165, 1.54) is 12.1 Å². The molecule has 0 radical (unpaired) electrons. The first-order valence-corrected chi connectivity index (χ1v) is 8.23. The number of rotatable bonds is 4. The first-order valence-electron chi connectivity index (χ1n) is 5.56. The summed E-state index contributed by atoms with van der Waals surface area (Å²) in [6, 6.07) is 4.71. The molecule has 0 saturated heterocycles. The number of carboxylic acids is 1. The zero-order valence-electron chi connectivity index (χ0n) is 10.6. The van der Waals surface area contributed by atoms with Crippen LogP contribution in [0.2, 0.25) is 4.34 Å². The highest BCUT2D eigenvalue weighted by atomic mass is 35.5. The molecule has 0 aliphatic heterocycles. The maximum absolute atomic E-state index is 12.2. The number of halogens is 1. The van der Waals surface area contributed by atoms with Crippen molar-refractivity contribution in [3.8, 4) is 5.75 Å². The fourth-order valence-electron chi connectivity index (χ4n) is 1.51. The first kappa shape index (κ1) is 15.6. The molecule has 0 saturated carbocycles. The molecule has 2 aromatic rings. The average Bonchev–Trinajstić information content (AvgIpc) is 2.73. The van der Waals surface area contributed by atoms with Gasteiger partial charge in [-0.3, -0.25) is 4.72 Å². The molecule has 0 amide bonds. The fourth-order valence-corrected chi connectivity index (χ4v) is 4.28. The van der Waals surface area contributed by atoms with Crippen molar-refractivity contribution in [2.24, 2.45) is 0 Å². The molecule has 3 N–H and O–H groups in total. The number of sulfonamides is 1. The van der Waals surface area contributed by atoms with E-state index in [0.29, 0.717) is 9.90 Å². The minimum Gasteiger partial charge on any atom is -0.506 e. The number of aromatic carboxylic acids is 1. The van der Waals surface area contributed by atoms with Gasteiger partial charge in [-0.25, -0.2) is 13.2 Å². The molecular weight excluding hydrogens is 338 g/mol. The van der Waals surface area contributed by atoms with Crippen LogP contribution in [0.4, 0.5) is 5.69 Å². The van der Waals surface area contributed by atoms with Crippen LogP contribution in [0.5, 0.6) is 5.75 Å². The van der Waals surface area contributed by atoms with Crippen LogP contribution < -0.4 is 4.72 Å². The van der Waals surface area contributed by atoms with Crippen molar-refractivity contribution >= 4 is 44.6 Å². The molecule has 0 aliphatic carbocycles. The summed E-state index contributed by atoms with van der Waals surface area (Å²) in [5.41, 5.74) is 0.258. The van der Waals surface area contributed by atoms with Crippen molar-refractivity contribution in [3.63, 3.8) is 0 Å². The van der Waals surface area contributed by atoms with Gasteiger partial charge in [0.1, 0.15) is 9.96 Å². The maximum atomic E-state index is 12.2. The van der Waals surface area contributed by atoms with E-state index in [-0.39, 0.29) is 21.2 Å². The number of anilines is 1. The SMILES string of the molecule is Cc1cc(S(=O)(=O)Nc2cc(C(=O)O)ccc2O)sc1Cl. The molecule has 112 valence electrons. The van der Waals surface area contributed by atoms with Crippen LogP contribution in [0.15, 0.2) is 28.5 Å². The molecule has 6 nitrogen and oxygen atoms in total. The maximum Gasteiger partial charge on any atom is 0.335 e. The lowest BCUT2D eigenvalue weighted by molar-refractivity contribution is 0.0697. The van der Waals surface area contributed by atoms with Crippen molar-refractivity contribution in [3.05, 3.63) is 39.7 Å². The lowest BCUT2D eigenvalue weighted by atomic mass is 10.2. The molecule has 21 heavy (non-hydrogen) atoms. The van der Waals surface area contributed by atoms with E-state index >= 15 is 0 Å². The van der Waals surface area contributed by atoms with Crippen LogP contribution in [0.1, 0.15) is 15.9 Å². The average molecular weight is 348 g/mol. The van der Waals surface area contributed by atoms with E-state index in [2.05, 4.69) is 4.72 Å². The highest BCUT2D eigenvalue weighted by molar-refractivity contribution is 7.94. The Labute approximate surface area is 129 Å². The van der Waals surface area contributed by atoms with Gasteiger partial charge in [-0.2, -0.15) is 0 Å². The number of phenolic OH excluding ortho intramolecular Hbond substituents is 1. The lowest BCUT2D eigenvalue weighted by Crippen LogP contribution is -2.12. The van der Waals surface area contributed by atoms with Crippen LogP contribution in [0.3, 0.4) is 0 Å². The third-order valence-corrected chi connectivity index (χ3v) is 5.98. The van der Waals surface area contributed by atoms with E-state index < -0.39 is 16.0 Å². The summed E-state index contributed by atoms with van der Waals surface area (Å²) < 4.78 is 26.8. The minimum atomic E-state index is -3.95. The van der Waals surface area contributed by atoms with Gasteiger partial charge < -0.3 is 10.2 Å². The van der Waals surface area contributed by atoms with Crippen molar-refractivity contribution in [2.45, 2.75) is 11.1 Å². The van der Waals surface area contributed by atoms with Crippen LogP contribution in [-0.2, 0) is 10.0 Å². The normalized spacial score (nSPS) is 11.3. The second-order valence-electron chi connectivity index (χ2n) is 4.16. The Balaban J connectivity index is 2.41. The van der Waals surface area contributed by atoms with Crippen LogP contribution in [0, 0.1) is 6.92 Å². The quantitative estimate of drug-likeness (QED) is 0.738. The Morgan fingerprint density at radius 1 is 1.33 bits per heavy atom. The number of carbonyl (C=O) groups is 1. The number of hydrogen-bond donors (Lipinski definition) is 3. The van der Waals surface area contributed by atoms with E-state index in [9.17, 15) is 18.3 Å². The third-order valence-electron chi connectivity index (χ3n) is 2.59. The minimum absolute atomic E-state index is 0.0230. The van der Waals surface area contributed by atoms with E-state index in [1.807, 2.05) is 0 Å². The van der Waals surface area contributed by atoms with E-state index in [4.69, 9.17) is 16.7 Å². The lowest BCUT2D eigenvalue weighted by Gasteiger charge is -2.08. The molecule has 9 heteroatoms. The Morgan fingerprint density at radius 2 is 2.00 bits per heavy atom. The number of carboxylic acid groups (broad SMARTS) is 1. The zero-order chi connectivity index (χ0) is 15.8. The smallest absolute Gasteiger partial charge is 0.335 e. The third kappa shape index (κ3) is 3.29. The van der Waals surface area contributed by atoms with E-state index in [0.717, 1.165) is 23.5 Å². The van der Waals surface area contributed by atoms with Gasteiger partial charge in [0, 0.05) is 0 Å². The predicted molar refractivity (Wildman–Crippen MR) is 79.9 cm³/mol. The number of benzene rings is 1. The van der Waals surface area contributed by atoms with Crippen molar-refractivity contribution in [1.82, 2.24) is 0 Å². The van der Waals surface area contributed by atoms with Gasteiger partial charge in [-0.1, -0.05) is 11.6 Å². The Bertz CT molecular complexity index is 794. The number of phenols is 1. The summed E-state index contributed by atoms with van der Waals surface area (Å²) in [5.74, 6) is -1.60.